The number of hydrogen-bond donors (Lipinski definition) is 9. The smallest absolute Gasteiger partial charge is 0.335 e. The van der Waals surface area contributed by atoms with Gasteiger partial charge in [-0.1, -0.05) is 31.8 Å². The van der Waals surface area contributed by atoms with Crippen LogP contribution in [0.2, 0.25) is 0 Å². The molecule has 14 aliphatic rings. The van der Waals surface area contributed by atoms with Gasteiger partial charge in [-0.3, -0.25) is 15.6 Å². The summed E-state index contributed by atoms with van der Waals surface area (Å²) in [5.74, 6) is -1.39. The first-order valence-electron chi connectivity index (χ1n) is 31.4. The lowest BCUT2D eigenvalue weighted by atomic mass is 9.38. The third-order valence-corrected chi connectivity index (χ3v) is 27.0. The summed E-state index contributed by atoms with van der Waals surface area (Å²) >= 11 is 0. The number of phenolic OH excluding ortho intramolecular Hbond substituents is 2. The standard InChI is InChI=1S/C65H84N2O13/c1-33-46(34(2)69)50(71)48-40(49(33)70)22-35(56(75)76)23-43(48)78-57-51(72)53(73)65-25-42-47-39(44(80-65)26-58(14-3-4-15-58)54(74)55(65)79-57)11-12-41(47)62(17-7-21-68)32-77-28-36-24-60-29-61(27-45(60)66-67-64(42,31-60)52(36)62)18-13-38-9-5-8-37-10-6-16-59(37)19-20-63(38,61)30-59/h12,22-23,36-38,42,44-45,51-55,57,66-68,70-74H,3-11,13-21,24-32H2,1-2H3,(H,75,76)/t36-,37+,38-,42-,44-,45+,51-,52+,53-,54+,55-,57-,59+,60+,61+,62+,63+,64+,65+/m1/s1. The van der Waals surface area contributed by atoms with Gasteiger partial charge in [0.2, 0.25) is 6.29 Å². The highest BCUT2D eigenvalue weighted by atomic mass is 16.7. The second-order valence-electron chi connectivity index (χ2n) is 29.7. The maximum Gasteiger partial charge on any atom is 0.335 e. The number of aromatic hydroxyl groups is 2. The Labute approximate surface area is 468 Å². The molecule has 7 spiro atoms. The molecule has 5 aliphatic heterocycles. The van der Waals surface area contributed by atoms with Crippen LogP contribution < -0.4 is 15.6 Å². The number of aromatic carboxylic acids is 1. The zero-order valence-corrected chi connectivity index (χ0v) is 46.8. The van der Waals surface area contributed by atoms with Crippen molar-refractivity contribution in [2.45, 2.75) is 222 Å². The van der Waals surface area contributed by atoms with E-state index in [1.54, 1.807) is 0 Å². The molecule has 9 N–H and O–H groups in total. The number of nitrogens with one attached hydrogen (secondary N) is 2. The maximum absolute atomic E-state index is 13.5. The lowest BCUT2D eigenvalue weighted by Crippen LogP contribution is -2.81. The van der Waals surface area contributed by atoms with Gasteiger partial charge in [-0.25, -0.2) is 4.79 Å². The first-order chi connectivity index (χ1) is 38.4. The van der Waals surface area contributed by atoms with Crippen LogP contribution in [-0.2, 0) is 14.2 Å². The zero-order valence-electron chi connectivity index (χ0n) is 46.8. The van der Waals surface area contributed by atoms with Crippen molar-refractivity contribution in [1.82, 2.24) is 10.9 Å². The zero-order chi connectivity index (χ0) is 54.9. The molecule has 15 nitrogen and oxygen atoms in total. The minimum absolute atomic E-state index is 0.0367. The first kappa shape index (κ1) is 52.0. The van der Waals surface area contributed by atoms with Gasteiger partial charge in [0.1, 0.15) is 41.2 Å². The van der Waals surface area contributed by atoms with Gasteiger partial charge >= 0.3 is 5.97 Å². The Morgan fingerprint density at radius 2 is 1.64 bits per heavy atom. The number of carboxylic acids is 1. The van der Waals surface area contributed by atoms with Crippen molar-refractivity contribution in [3.05, 3.63) is 51.6 Å². The topological polar surface area (TPSA) is 237 Å². The molecular weight excluding hydrogens is 1020 g/mol. The number of hydrazine groups is 1. The number of ether oxygens (including phenoxy) is 4. The summed E-state index contributed by atoms with van der Waals surface area (Å²) in [6.45, 7) is 4.03. The van der Waals surface area contributed by atoms with Crippen LogP contribution in [0.25, 0.3) is 10.8 Å². The molecule has 16 rings (SSSR count). The van der Waals surface area contributed by atoms with Crippen LogP contribution in [0, 0.1) is 69.0 Å². The van der Waals surface area contributed by atoms with E-state index in [0.717, 1.165) is 50.0 Å². The number of rotatable bonds is 7. The second-order valence-corrected chi connectivity index (χ2v) is 29.7. The van der Waals surface area contributed by atoms with E-state index in [1.807, 2.05) is 0 Å². The molecule has 8 saturated carbocycles. The molecule has 15 heteroatoms. The molecule has 0 aromatic heterocycles. The molecule has 4 saturated heterocycles. The molecule has 9 aliphatic carbocycles. The lowest BCUT2D eigenvalue weighted by Gasteiger charge is -2.72. The van der Waals surface area contributed by atoms with E-state index in [1.165, 1.54) is 120 Å². The van der Waals surface area contributed by atoms with Gasteiger partial charge in [0.15, 0.2) is 5.78 Å². The number of ketones is 1. The quantitative estimate of drug-likeness (QED) is 0.0931. The van der Waals surface area contributed by atoms with Crippen LogP contribution in [-0.4, -0.2) is 121 Å². The number of aliphatic hydroxyl groups is 4. The number of carbonyl (C=O) groups is 2. The molecule has 19 atom stereocenters. The van der Waals surface area contributed by atoms with Gasteiger partial charge in [0.25, 0.3) is 0 Å². The van der Waals surface area contributed by atoms with Crippen molar-refractivity contribution >= 4 is 22.5 Å². The van der Waals surface area contributed by atoms with Crippen LogP contribution in [0.3, 0.4) is 0 Å². The number of fused-ring (bicyclic) bond motifs is 4. The highest BCUT2D eigenvalue weighted by molar-refractivity contribution is 6.11. The van der Waals surface area contributed by atoms with Crippen LogP contribution in [0.1, 0.15) is 187 Å². The molecular formula is C65H84N2O13. The third-order valence-electron chi connectivity index (χ3n) is 27.0. The summed E-state index contributed by atoms with van der Waals surface area (Å²) in [5, 5.41) is 84.0. The first-order valence-corrected chi connectivity index (χ1v) is 31.4. The molecule has 0 unspecified atom stereocenters. The van der Waals surface area contributed by atoms with E-state index in [4.69, 9.17) is 18.9 Å². The number of Topliss-reactive ketones (excluding diaryl/α,β-unsaturated/α-hetero) is 1. The van der Waals surface area contributed by atoms with E-state index in [0.29, 0.717) is 56.1 Å². The van der Waals surface area contributed by atoms with Crippen molar-refractivity contribution in [1.29, 1.82) is 0 Å². The van der Waals surface area contributed by atoms with Gasteiger partial charge < -0.3 is 54.7 Å². The molecule has 432 valence electrons. The highest BCUT2D eigenvalue weighted by Gasteiger charge is 2.79. The predicted molar refractivity (Wildman–Crippen MR) is 293 cm³/mol. The van der Waals surface area contributed by atoms with Crippen molar-refractivity contribution in [2.24, 2.45) is 62.1 Å². The van der Waals surface area contributed by atoms with Crippen LogP contribution >= 0.6 is 0 Å². The molecule has 80 heavy (non-hydrogen) atoms. The highest BCUT2D eigenvalue weighted by Crippen LogP contribution is 2.82. The summed E-state index contributed by atoms with van der Waals surface area (Å²) in [6.07, 6.45) is 19.9. The van der Waals surface area contributed by atoms with Gasteiger partial charge in [0, 0.05) is 52.5 Å². The molecule has 12 fully saturated rings. The van der Waals surface area contributed by atoms with Gasteiger partial charge in [-0.15, -0.1) is 0 Å². The average Bonchev–Trinajstić information content (AvgIpc) is 1.66. The second kappa shape index (κ2) is 17.3. The summed E-state index contributed by atoms with van der Waals surface area (Å²) in [7, 11) is 0. The fourth-order valence-corrected chi connectivity index (χ4v) is 24.4. The summed E-state index contributed by atoms with van der Waals surface area (Å²) in [6, 6.07) is 2.64. The van der Waals surface area contributed by atoms with E-state index in [-0.39, 0.29) is 80.9 Å². The Balaban J connectivity index is 0.836. The fraction of sp³-hybridized carbons (Fsp3) is 0.754. The van der Waals surface area contributed by atoms with Gasteiger partial charge in [-0.2, -0.15) is 0 Å². The molecule has 0 radical (unpaired) electrons. The van der Waals surface area contributed by atoms with Crippen LogP contribution in [0.5, 0.6) is 17.2 Å². The molecule has 0 amide bonds. The Kier molecular flexibility index (Phi) is 11.2. The van der Waals surface area contributed by atoms with Crippen molar-refractivity contribution < 1.29 is 64.3 Å². The SMILES string of the molecule is CC(=O)c1c(C)c(O)c2cc(C(=O)O)cc(O[C@@H]3O[C@@H]4[C@H](O)C5(CCCC5)C[C@H]5O[C@@]4(C[C@@H]4C6=C5CC=C6[C@]5(CCCO)COC[C@H]6C[C@]78C[C@@]4(NN[C@H]7C[C@@]4(CC[C@H]7CCC[C@H]9CCC[C@@]9%10CC[C@]74C%10)C8)[C@@H]65)[C@H](O)[C@H]3O)c2c1O. The summed E-state index contributed by atoms with van der Waals surface area (Å²) in [4.78, 5) is 25.7. The Bertz CT molecular complexity index is 3080. The van der Waals surface area contributed by atoms with E-state index < -0.39 is 82.0 Å². The van der Waals surface area contributed by atoms with Crippen LogP contribution in [0.15, 0.2) is 34.9 Å². The van der Waals surface area contributed by atoms with E-state index >= 15 is 0 Å². The summed E-state index contributed by atoms with van der Waals surface area (Å²) in [5.41, 5.74) is 9.72. The van der Waals surface area contributed by atoms with E-state index in [9.17, 15) is 45.3 Å². The largest absolute Gasteiger partial charge is 0.507 e. The Morgan fingerprint density at radius 3 is 2.44 bits per heavy atom. The van der Waals surface area contributed by atoms with Gasteiger partial charge in [-0.05, 0) is 216 Å². The normalized spacial score (nSPS) is 47.8. The fourth-order valence-electron chi connectivity index (χ4n) is 24.4. The molecule has 6 bridgehead atoms. The maximum atomic E-state index is 13.5. The number of benzene rings is 2. The third kappa shape index (κ3) is 6.38. The van der Waals surface area contributed by atoms with Crippen LogP contribution in [0.4, 0.5) is 0 Å². The van der Waals surface area contributed by atoms with Crippen molar-refractivity contribution in [3.63, 3.8) is 0 Å². The van der Waals surface area contributed by atoms with Crippen molar-refractivity contribution in [3.8, 4) is 17.2 Å². The molecule has 2 aromatic carbocycles. The predicted octanol–water partition coefficient (Wildman–Crippen LogP) is 8.74. The number of carboxylic acid groups (broad SMARTS) is 1. The van der Waals surface area contributed by atoms with E-state index in [2.05, 4.69) is 16.9 Å². The Morgan fingerprint density at radius 1 is 0.838 bits per heavy atom. The molecule has 2 aromatic rings. The number of allylic oxidation sites excluding steroid dienone is 1. The number of hydrogen-bond acceptors (Lipinski definition) is 14. The Hall–Kier alpha value is -3.64. The average molecular weight is 1100 g/mol. The summed E-state index contributed by atoms with van der Waals surface area (Å²) < 4.78 is 28.5. The minimum Gasteiger partial charge on any atom is -0.507 e. The number of phenols is 2. The van der Waals surface area contributed by atoms with Gasteiger partial charge in [0.05, 0.1) is 35.3 Å². The number of aliphatic hydroxyl groups excluding tert-OH is 4. The lowest BCUT2D eigenvalue weighted by molar-refractivity contribution is -0.340. The van der Waals surface area contributed by atoms with Crippen molar-refractivity contribution in [2.75, 3.05) is 19.8 Å². The monoisotopic (exact) mass is 1100 g/mol. The molecule has 5 heterocycles. The minimum atomic E-state index is -1.82. The number of carbonyl (C=O) groups excluding carboxylic acids is 1.